The quantitative estimate of drug-likeness (QED) is 0.864. The Labute approximate surface area is 104 Å². The van der Waals surface area contributed by atoms with E-state index >= 15 is 0 Å². The molecule has 4 nitrogen and oxygen atoms in total. The van der Waals surface area contributed by atoms with Crippen molar-refractivity contribution in [3.8, 4) is 11.8 Å². The predicted octanol–water partition coefficient (Wildman–Crippen LogP) is 2.89. The third kappa shape index (κ3) is 3.28. The van der Waals surface area contributed by atoms with Crippen LogP contribution in [-0.2, 0) is 5.88 Å². The molecule has 0 amide bonds. The van der Waals surface area contributed by atoms with Gasteiger partial charge >= 0.3 is 12.3 Å². The van der Waals surface area contributed by atoms with Crippen LogP contribution in [0.15, 0.2) is 12.1 Å². The van der Waals surface area contributed by atoms with Gasteiger partial charge in [0.25, 0.3) is 0 Å². The average molecular weight is 280 g/mol. The summed E-state index contributed by atoms with van der Waals surface area (Å²) in [5.74, 6) is -2.81. The molecule has 0 aromatic heterocycles. The highest BCUT2D eigenvalue weighted by atomic mass is 35.5. The van der Waals surface area contributed by atoms with E-state index in [0.29, 0.717) is 0 Å². The summed E-state index contributed by atoms with van der Waals surface area (Å²) in [6.45, 7) is 0. The van der Waals surface area contributed by atoms with Crippen LogP contribution in [0.3, 0.4) is 0 Å². The molecule has 0 bridgehead atoms. The number of benzene rings is 1. The Hall–Kier alpha value is -1.94. The number of carboxylic acid groups (broad SMARTS) is 1. The number of aromatic carboxylic acids is 1. The molecule has 0 radical (unpaired) electrons. The van der Waals surface area contributed by atoms with E-state index in [1.807, 2.05) is 0 Å². The van der Waals surface area contributed by atoms with Gasteiger partial charge in [-0.25, -0.2) is 4.79 Å². The van der Waals surface area contributed by atoms with Gasteiger partial charge in [0.05, 0.1) is 5.56 Å². The Balaban J connectivity index is 3.46. The summed E-state index contributed by atoms with van der Waals surface area (Å²) in [5, 5.41) is 17.5. The SMILES string of the molecule is N#Cc1cc(CCl)cc(C(=O)O)c1OC(F)(F)F. The molecule has 1 aromatic rings. The van der Waals surface area contributed by atoms with Crippen molar-refractivity contribution in [2.24, 2.45) is 0 Å². The van der Waals surface area contributed by atoms with Gasteiger partial charge in [-0.1, -0.05) is 0 Å². The standard InChI is InChI=1S/C10H5ClF3NO3/c11-3-5-1-6(4-15)8(18-10(12,13)14)7(2-5)9(16)17/h1-2H,3H2,(H,16,17). The van der Waals surface area contributed by atoms with Gasteiger partial charge in [0.2, 0.25) is 0 Å². The van der Waals surface area contributed by atoms with E-state index in [-0.39, 0.29) is 11.4 Å². The summed E-state index contributed by atoms with van der Waals surface area (Å²) in [7, 11) is 0. The Morgan fingerprint density at radius 1 is 1.50 bits per heavy atom. The van der Waals surface area contributed by atoms with Gasteiger partial charge in [-0.3, -0.25) is 0 Å². The predicted molar refractivity (Wildman–Crippen MR) is 54.4 cm³/mol. The summed E-state index contributed by atoms with van der Waals surface area (Å²) < 4.78 is 40.0. The minimum Gasteiger partial charge on any atom is -0.478 e. The van der Waals surface area contributed by atoms with Crippen molar-refractivity contribution in [1.82, 2.24) is 0 Å². The first kappa shape index (κ1) is 14.1. The highest BCUT2D eigenvalue weighted by Crippen LogP contribution is 2.31. The molecule has 96 valence electrons. The molecule has 1 aromatic carbocycles. The number of hydrogen-bond donors (Lipinski definition) is 1. The van der Waals surface area contributed by atoms with Crippen molar-refractivity contribution in [2.75, 3.05) is 0 Å². The van der Waals surface area contributed by atoms with E-state index in [1.54, 1.807) is 0 Å². The third-order valence-electron chi connectivity index (χ3n) is 1.87. The molecule has 1 N–H and O–H groups in total. The average Bonchev–Trinajstić information content (AvgIpc) is 2.26. The second-order valence-electron chi connectivity index (χ2n) is 3.12. The summed E-state index contributed by atoms with van der Waals surface area (Å²) >= 11 is 5.45. The van der Waals surface area contributed by atoms with Crippen LogP contribution < -0.4 is 4.74 Å². The van der Waals surface area contributed by atoms with Crippen molar-refractivity contribution in [1.29, 1.82) is 5.26 Å². The molecule has 1 rings (SSSR count). The first-order valence-electron chi connectivity index (χ1n) is 4.40. The van der Waals surface area contributed by atoms with Gasteiger partial charge in [-0.05, 0) is 17.7 Å². The molecule has 0 saturated heterocycles. The highest BCUT2D eigenvalue weighted by molar-refractivity contribution is 6.17. The van der Waals surface area contributed by atoms with E-state index in [1.165, 1.54) is 6.07 Å². The summed E-state index contributed by atoms with van der Waals surface area (Å²) in [6, 6.07) is 3.41. The van der Waals surface area contributed by atoms with Gasteiger partial charge < -0.3 is 9.84 Å². The lowest BCUT2D eigenvalue weighted by molar-refractivity contribution is -0.274. The van der Waals surface area contributed by atoms with Crippen LogP contribution >= 0.6 is 11.6 Å². The zero-order chi connectivity index (χ0) is 13.9. The van der Waals surface area contributed by atoms with Crippen LogP contribution in [0.25, 0.3) is 0 Å². The van der Waals surface area contributed by atoms with Crippen LogP contribution in [0.1, 0.15) is 21.5 Å². The normalized spacial score (nSPS) is 10.8. The number of halogens is 4. The number of hydrogen-bond acceptors (Lipinski definition) is 3. The van der Waals surface area contributed by atoms with Gasteiger partial charge in [0, 0.05) is 5.88 Å². The fourth-order valence-electron chi connectivity index (χ4n) is 1.23. The van der Waals surface area contributed by atoms with Gasteiger partial charge in [0.15, 0.2) is 5.75 Å². The van der Waals surface area contributed by atoms with Gasteiger partial charge in [-0.2, -0.15) is 5.26 Å². The Morgan fingerprint density at radius 3 is 2.50 bits per heavy atom. The van der Waals surface area contributed by atoms with Gasteiger partial charge in [0.1, 0.15) is 11.6 Å². The summed E-state index contributed by atoms with van der Waals surface area (Å²) in [6.07, 6.45) is -5.09. The molecule has 0 heterocycles. The monoisotopic (exact) mass is 279 g/mol. The smallest absolute Gasteiger partial charge is 0.478 e. The number of rotatable bonds is 3. The molecular formula is C10H5ClF3NO3. The minimum absolute atomic E-state index is 0.138. The van der Waals surface area contributed by atoms with E-state index in [4.69, 9.17) is 22.0 Å². The molecule has 0 fully saturated rings. The first-order valence-corrected chi connectivity index (χ1v) is 4.94. The minimum atomic E-state index is -5.09. The zero-order valence-electron chi connectivity index (χ0n) is 8.58. The molecule has 0 aliphatic rings. The zero-order valence-corrected chi connectivity index (χ0v) is 9.34. The van der Waals surface area contributed by atoms with Crippen LogP contribution in [0.2, 0.25) is 0 Å². The molecule has 0 aliphatic heterocycles. The maximum absolute atomic E-state index is 12.1. The molecule has 0 unspecified atom stereocenters. The maximum Gasteiger partial charge on any atom is 0.573 e. The number of ether oxygens (including phenoxy) is 1. The van der Waals surface area contributed by atoms with Crippen molar-refractivity contribution in [3.63, 3.8) is 0 Å². The number of alkyl halides is 4. The molecular weight excluding hydrogens is 275 g/mol. The van der Waals surface area contributed by atoms with Gasteiger partial charge in [-0.15, -0.1) is 24.8 Å². The summed E-state index contributed by atoms with van der Waals surface area (Å²) in [4.78, 5) is 10.8. The molecule has 0 aliphatic carbocycles. The number of nitrogens with zero attached hydrogens (tertiary/aromatic N) is 1. The van der Waals surface area contributed by atoms with Crippen LogP contribution in [0.5, 0.6) is 5.75 Å². The number of nitriles is 1. The fourth-order valence-corrected chi connectivity index (χ4v) is 1.39. The molecule has 0 spiro atoms. The third-order valence-corrected chi connectivity index (χ3v) is 2.18. The molecule has 0 atom stereocenters. The topological polar surface area (TPSA) is 70.3 Å². The largest absolute Gasteiger partial charge is 0.573 e. The lowest BCUT2D eigenvalue weighted by atomic mass is 10.1. The lowest BCUT2D eigenvalue weighted by Crippen LogP contribution is -2.20. The highest BCUT2D eigenvalue weighted by Gasteiger charge is 2.34. The van der Waals surface area contributed by atoms with E-state index in [0.717, 1.165) is 12.1 Å². The molecule has 0 saturated carbocycles. The lowest BCUT2D eigenvalue weighted by Gasteiger charge is -2.13. The number of carbonyl (C=O) groups is 1. The second-order valence-corrected chi connectivity index (χ2v) is 3.39. The summed E-state index contributed by atoms with van der Waals surface area (Å²) in [5.41, 5.74) is -1.09. The van der Waals surface area contributed by atoms with E-state index < -0.39 is 29.2 Å². The van der Waals surface area contributed by atoms with Crippen molar-refractivity contribution in [3.05, 3.63) is 28.8 Å². The van der Waals surface area contributed by atoms with Crippen LogP contribution in [0, 0.1) is 11.3 Å². The fraction of sp³-hybridized carbons (Fsp3) is 0.200. The molecule has 18 heavy (non-hydrogen) atoms. The van der Waals surface area contributed by atoms with E-state index in [2.05, 4.69) is 4.74 Å². The number of carboxylic acids is 1. The Kier molecular flexibility index (Phi) is 4.03. The second kappa shape index (κ2) is 5.14. The Morgan fingerprint density at radius 2 is 2.11 bits per heavy atom. The van der Waals surface area contributed by atoms with Crippen LogP contribution in [-0.4, -0.2) is 17.4 Å². The molecule has 8 heteroatoms. The Bertz CT molecular complexity index is 522. The van der Waals surface area contributed by atoms with Crippen molar-refractivity contribution < 1.29 is 27.8 Å². The van der Waals surface area contributed by atoms with Crippen LogP contribution in [0.4, 0.5) is 13.2 Å². The van der Waals surface area contributed by atoms with E-state index in [9.17, 15) is 18.0 Å². The first-order chi connectivity index (χ1) is 8.28. The maximum atomic E-state index is 12.1. The van der Waals surface area contributed by atoms with Crippen molar-refractivity contribution >= 4 is 17.6 Å². The van der Waals surface area contributed by atoms with Crippen molar-refractivity contribution in [2.45, 2.75) is 12.2 Å².